The van der Waals surface area contributed by atoms with E-state index in [2.05, 4.69) is 19.2 Å². The van der Waals surface area contributed by atoms with E-state index in [-0.39, 0.29) is 26.4 Å². The van der Waals surface area contributed by atoms with Crippen molar-refractivity contribution in [2.75, 3.05) is 26.4 Å². The van der Waals surface area contributed by atoms with Crippen LogP contribution in [0.3, 0.4) is 0 Å². The first-order valence-corrected chi connectivity index (χ1v) is 4.70. The molecule has 0 aromatic rings. The van der Waals surface area contributed by atoms with E-state index in [4.69, 9.17) is 10.2 Å². The number of aliphatic hydroxyl groups is 2. The second kappa shape index (κ2) is 10.9. The molecule has 0 spiro atoms. The van der Waals surface area contributed by atoms with Gasteiger partial charge in [-0.25, -0.2) is 0 Å². The predicted octanol–water partition coefficient (Wildman–Crippen LogP) is -1.13. The Bertz CT molecular complexity index is 249. The van der Waals surface area contributed by atoms with Gasteiger partial charge < -0.3 is 24.6 Å². The smallest absolute Gasteiger partial charge is 0.322 e. The van der Waals surface area contributed by atoms with Gasteiger partial charge in [0.1, 0.15) is 25.9 Å². The molecule has 0 saturated carbocycles. The lowest BCUT2D eigenvalue weighted by Gasteiger charge is -2.01. The fourth-order valence-corrected chi connectivity index (χ4v) is 0.621. The molecule has 8 heteroatoms. The Morgan fingerprint density at radius 2 is 1.71 bits per heavy atom. The number of hydrogen-bond donors (Lipinski definition) is 2. The quantitative estimate of drug-likeness (QED) is 0.132. The van der Waals surface area contributed by atoms with Gasteiger partial charge in [0.2, 0.25) is 0 Å². The van der Waals surface area contributed by atoms with E-state index in [0.29, 0.717) is 0 Å². The van der Waals surface area contributed by atoms with Gasteiger partial charge >= 0.3 is 11.9 Å². The van der Waals surface area contributed by atoms with Crippen molar-refractivity contribution in [3.63, 3.8) is 0 Å². The SMILES string of the molecule is O=C(CC(=O)OCCO)O/C=C/OOCCO. The summed E-state index contributed by atoms with van der Waals surface area (Å²) in [5.74, 6) is -1.63. The molecule has 0 radical (unpaired) electrons. The van der Waals surface area contributed by atoms with E-state index in [0.717, 1.165) is 12.5 Å². The molecule has 8 nitrogen and oxygen atoms in total. The largest absolute Gasteiger partial charge is 0.463 e. The Morgan fingerprint density at radius 1 is 1.00 bits per heavy atom. The van der Waals surface area contributed by atoms with Crippen LogP contribution in [-0.2, 0) is 28.8 Å². The third-order valence-corrected chi connectivity index (χ3v) is 1.20. The van der Waals surface area contributed by atoms with Crippen LogP contribution in [0.25, 0.3) is 0 Å². The number of ether oxygens (including phenoxy) is 2. The predicted molar refractivity (Wildman–Crippen MR) is 52.0 cm³/mol. The summed E-state index contributed by atoms with van der Waals surface area (Å²) in [5, 5.41) is 16.6. The van der Waals surface area contributed by atoms with Gasteiger partial charge in [-0.1, -0.05) is 0 Å². The molecule has 0 atom stereocenters. The van der Waals surface area contributed by atoms with Gasteiger partial charge in [0.15, 0.2) is 6.26 Å². The molecule has 2 N–H and O–H groups in total. The molecule has 0 fully saturated rings. The van der Waals surface area contributed by atoms with Crippen molar-refractivity contribution in [3.8, 4) is 0 Å². The summed E-state index contributed by atoms with van der Waals surface area (Å²) in [5.41, 5.74) is 0. The zero-order valence-electron chi connectivity index (χ0n) is 9.03. The number of hydrogen-bond acceptors (Lipinski definition) is 8. The summed E-state index contributed by atoms with van der Waals surface area (Å²) >= 11 is 0. The summed E-state index contributed by atoms with van der Waals surface area (Å²) in [7, 11) is 0. The lowest BCUT2D eigenvalue weighted by atomic mass is 10.4. The number of rotatable bonds is 9. The molecule has 0 heterocycles. The van der Waals surface area contributed by atoms with E-state index in [1.165, 1.54) is 0 Å². The van der Waals surface area contributed by atoms with Crippen molar-refractivity contribution < 1.29 is 39.1 Å². The molecule has 0 amide bonds. The van der Waals surface area contributed by atoms with Crippen molar-refractivity contribution in [2.45, 2.75) is 6.42 Å². The van der Waals surface area contributed by atoms with Crippen LogP contribution < -0.4 is 0 Å². The van der Waals surface area contributed by atoms with Crippen LogP contribution in [0.15, 0.2) is 12.5 Å². The van der Waals surface area contributed by atoms with Crippen molar-refractivity contribution in [2.24, 2.45) is 0 Å². The summed E-state index contributed by atoms with van der Waals surface area (Å²) in [6, 6.07) is 0. The molecular weight excluding hydrogens is 236 g/mol. The third kappa shape index (κ3) is 10.6. The van der Waals surface area contributed by atoms with Crippen LogP contribution >= 0.6 is 0 Å². The van der Waals surface area contributed by atoms with Gasteiger partial charge in [0.25, 0.3) is 0 Å². The van der Waals surface area contributed by atoms with Gasteiger partial charge in [-0.2, -0.15) is 4.89 Å². The average Bonchev–Trinajstić information content (AvgIpc) is 2.31. The van der Waals surface area contributed by atoms with Gasteiger partial charge in [0.05, 0.1) is 13.2 Å². The minimum absolute atomic E-state index is 0.0221. The van der Waals surface area contributed by atoms with Crippen molar-refractivity contribution in [1.82, 2.24) is 0 Å². The molecule has 0 bridgehead atoms. The van der Waals surface area contributed by atoms with Crippen LogP contribution in [-0.4, -0.2) is 48.6 Å². The maximum atomic E-state index is 10.9. The molecule has 0 aliphatic rings. The summed E-state index contributed by atoms with van der Waals surface area (Å²) in [6.45, 7) is -0.702. The molecule has 0 unspecified atom stereocenters. The molecule has 17 heavy (non-hydrogen) atoms. The Balaban J connectivity index is 3.54. The Morgan fingerprint density at radius 3 is 2.35 bits per heavy atom. The van der Waals surface area contributed by atoms with Crippen LogP contribution in [0.2, 0.25) is 0 Å². The lowest BCUT2D eigenvalue weighted by Crippen LogP contribution is -2.14. The van der Waals surface area contributed by atoms with Crippen LogP contribution in [0.1, 0.15) is 6.42 Å². The number of aliphatic hydroxyl groups excluding tert-OH is 2. The van der Waals surface area contributed by atoms with E-state index < -0.39 is 18.4 Å². The fraction of sp³-hybridized carbons (Fsp3) is 0.556. The molecule has 0 rings (SSSR count). The molecule has 0 aromatic heterocycles. The Hall–Kier alpha value is -1.64. The second-order valence-electron chi connectivity index (χ2n) is 2.52. The summed E-state index contributed by atoms with van der Waals surface area (Å²) < 4.78 is 8.85. The first kappa shape index (κ1) is 15.4. The van der Waals surface area contributed by atoms with Gasteiger partial charge in [-0.3, -0.25) is 9.59 Å². The van der Waals surface area contributed by atoms with Crippen molar-refractivity contribution in [1.29, 1.82) is 0 Å². The second-order valence-corrected chi connectivity index (χ2v) is 2.52. The third-order valence-electron chi connectivity index (χ3n) is 1.20. The summed E-state index contributed by atoms with van der Waals surface area (Å²) in [4.78, 5) is 30.5. The molecular formula is C9H14O8. The lowest BCUT2D eigenvalue weighted by molar-refractivity contribution is -0.254. The standard InChI is InChI=1S/C9H14O8/c10-1-3-14-8(12)7-9(13)15-5-6-17-16-4-2-11/h5-6,10-11H,1-4,7H2/b6-5+. The zero-order valence-corrected chi connectivity index (χ0v) is 9.03. The van der Waals surface area contributed by atoms with E-state index in [1.807, 2.05) is 0 Å². The molecule has 98 valence electrons. The highest BCUT2D eigenvalue weighted by Crippen LogP contribution is 1.92. The minimum atomic E-state index is -0.838. The first-order chi connectivity index (χ1) is 8.20. The van der Waals surface area contributed by atoms with E-state index in [1.54, 1.807) is 0 Å². The Kier molecular flexibility index (Phi) is 9.82. The van der Waals surface area contributed by atoms with Crippen molar-refractivity contribution in [3.05, 3.63) is 12.5 Å². The van der Waals surface area contributed by atoms with Crippen LogP contribution in [0.5, 0.6) is 0 Å². The molecule has 0 aliphatic carbocycles. The van der Waals surface area contributed by atoms with E-state index in [9.17, 15) is 9.59 Å². The van der Waals surface area contributed by atoms with E-state index >= 15 is 0 Å². The van der Waals surface area contributed by atoms with Gasteiger partial charge in [-0.05, 0) is 0 Å². The fourth-order valence-electron chi connectivity index (χ4n) is 0.621. The number of esters is 2. The highest BCUT2D eigenvalue weighted by atomic mass is 17.2. The normalized spacial score (nSPS) is 10.2. The van der Waals surface area contributed by atoms with Crippen molar-refractivity contribution >= 4 is 11.9 Å². The first-order valence-electron chi connectivity index (χ1n) is 4.70. The minimum Gasteiger partial charge on any atom is -0.463 e. The van der Waals surface area contributed by atoms with Gasteiger partial charge in [-0.15, -0.1) is 0 Å². The van der Waals surface area contributed by atoms with Crippen LogP contribution in [0.4, 0.5) is 0 Å². The monoisotopic (exact) mass is 250 g/mol. The maximum Gasteiger partial charge on any atom is 0.322 e. The summed E-state index contributed by atoms with van der Waals surface area (Å²) in [6.07, 6.45) is 1.23. The topological polar surface area (TPSA) is 112 Å². The Labute approximate surface area is 97.3 Å². The highest BCUT2D eigenvalue weighted by Gasteiger charge is 2.10. The van der Waals surface area contributed by atoms with Crippen LogP contribution in [0, 0.1) is 0 Å². The zero-order chi connectivity index (χ0) is 12.9. The number of carbonyl (C=O) groups is 2. The molecule has 0 aliphatic heterocycles. The highest BCUT2D eigenvalue weighted by molar-refractivity contribution is 5.91. The average molecular weight is 250 g/mol. The number of carbonyl (C=O) groups excluding carboxylic acids is 2. The maximum absolute atomic E-state index is 10.9. The molecule has 0 saturated heterocycles. The van der Waals surface area contributed by atoms with Gasteiger partial charge in [0, 0.05) is 0 Å². The molecule has 0 aromatic carbocycles.